The third-order valence-corrected chi connectivity index (χ3v) is 3.99. The summed E-state index contributed by atoms with van der Waals surface area (Å²) in [6.07, 6.45) is 1.21. The van der Waals surface area contributed by atoms with Crippen LogP contribution in [0, 0.1) is 0 Å². The van der Waals surface area contributed by atoms with E-state index in [0.29, 0.717) is 0 Å². The van der Waals surface area contributed by atoms with Crippen LogP contribution in [0.1, 0.15) is 47.8 Å². The number of benzene rings is 1. The number of nitrogens with one attached hydrogen (secondary N) is 1. The van der Waals surface area contributed by atoms with Crippen LogP contribution in [0.15, 0.2) is 36.5 Å². The quantitative estimate of drug-likeness (QED) is 0.659. The first-order chi connectivity index (χ1) is 11.8. The summed E-state index contributed by atoms with van der Waals surface area (Å²) in [5.74, 6) is -0.574. The number of hydrogen-bond donors (Lipinski definition) is 1. The van der Waals surface area contributed by atoms with Crippen molar-refractivity contribution in [3.63, 3.8) is 0 Å². The van der Waals surface area contributed by atoms with Gasteiger partial charge < -0.3 is 5.32 Å². The molecule has 0 aliphatic carbocycles. The number of alkyl halides is 3. The van der Waals surface area contributed by atoms with Gasteiger partial charge in [-0.3, -0.25) is 9.78 Å². The number of rotatable bonds is 6. The summed E-state index contributed by atoms with van der Waals surface area (Å²) < 4.78 is 38.6. The molecule has 1 amide bonds. The number of nitrogens with zero attached hydrogens (tertiary/aromatic N) is 1. The predicted molar refractivity (Wildman–Crippen MR) is 91.9 cm³/mol. The Morgan fingerprint density at radius 3 is 2.56 bits per heavy atom. The lowest BCUT2D eigenvalue weighted by atomic mass is 10.1. The zero-order valence-electron chi connectivity index (χ0n) is 13.7. The molecule has 0 aliphatic heterocycles. The van der Waals surface area contributed by atoms with E-state index >= 15 is 0 Å². The van der Waals surface area contributed by atoms with Gasteiger partial charge in [0.05, 0.1) is 10.6 Å². The van der Waals surface area contributed by atoms with E-state index < -0.39 is 22.7 Å². The molecule has 7 heteroatoms. The number of aryl methyl sites for hydroxylation is 1. The van der Waals surface area contributed by atoms with Crippen LogP contribution in [0.25, 0.3) is 0 Å². The fourth-order valence-corrected chi connectivity index (χ4v) is 2.53. The number of unbranched alkanes of at least 4 members (excludes halogenated alkanes) is 2. The molecule has 2 aromatic rings. The summed E-state index contributed by atoms with van der Waals surface area (Å²) in [4.78, 5) is 16.2. The average Bonchev–Trinajstić information content (AvgIpc) is 2.56. The molecule has 0 saturated carbocycles. The van der Waals surface area contributed by atoms with E-state index in [4.69, 9.17) is 11.6 Å². The van der Waals surface area contributed by atoms with E-state index in [-0.39, 0.29) is 11.4 Å². The standard InChI is InChI=1S/C18H18ClF3N2O/c1-2-3-4-5-12-6-9-16(23-11-12)17(25)24-13-7-8-15(19)14(10-13)18(20,21)22/h6-11H,2-5H2,1H3,(H,24,25). The zero-order chi connectivity index (χ0) is 18.4. The van der Waals surface area contributed by atoms with E-state index in [0.717, 1.165) is 43.4 Å². The Bertz CT molecular complexity index is 730. The molecule has 3 nitrogen and oxygen atoms in total. The molecule has 0 atom stereocenters. The maximum atomic E-state index is 12.9. The van der Waals surface area contributed by atoms with Gasteiger partial charge in [0, 0.05) is 11.9 Å². The van der Waals surface area contributed by atoms with Crippen molar-refractivity contribution in [2.24, 2.45) is 0 Å². The van der Waals surface area contributed by atoms with E-state index in [9.17, 15) is 18.0 Å². The van der Waals surface area contributed by atoms with E-state index in [1.807, 2.05) is 0 Å². The monoisotopic (exact) mass is 370 g/mol. The van der Waals surface area contributed by atoms with Gasteiger partial charge in [0.15, 0.2) is 0 Å². The zero-order valence-corrected chi connectivity index (χ0v) is 14.4. The van der Waals surface area contributed by atoms with Crippen LogP contribution in [-0.4, -0.2) is 10.9 Å². The molecule has 0 unspecified atom stereocenters. The Balaban J connectivity index is 2.07. The van der Waals surface area contributed by atoms with Crippen molar-refractivity contribution in [2.75, 3.05) is 5.32 Å². The van der Waals surface area contributed by atoms with Crippen LogP contribution in [0.4, 0.5) is 18.9 Å². The molecular weight excluding hydrogens is 353 g/mol. The van der Waals surface area contributed by atoms with Gasteiger partial charge in [-0.05, 0) is 42.7 Å². The minimum atomic E-state index is -4.59. The first kappa shape index (κ1) is 19.2. The Hall–Kier alpha value is -2.08. The number of carbonyl (C=O) groups is 1. The van der Waals surface area contributed by atoms with Gasteiger partial charge in [0.25, 0.3) is 5.91 Å². The second-order valence-electron chi connectivity index (χ2n) is 5.66. The van der Waals surface area contributed by atoms with Crippen LogP contribution < -0.4 is 5.32 Å². The molecule has 25 heavy (non-hydrogen) atoms. The van der Waals surface area contributed by atoms with Crippen molar-refractivity contribution in [1.82, 2.24) is 4.98 Å². The first-order valence-electron chi connectivity index (χ1n) is 7.94. The molecule has 0 bridgehead atoms. The molecule has 1 aromatic carbocycles. The fourth-order valence-electron chi connectivity index (χ4n) is 2.30. The summed E-state index contributed by atoms with van der Waals surface area (Å²) in [6, 6.07) is 6.59. The first-order valence-corrected chi connectivity index (χ1v) is 8.32. The molecule has 1 N–H and O–H groups in total. The SMILES string of the molecule is CCCCCc1ccc(C(=O)Nc2ccc(Cl)c(C(F)(F)F)c2)nc1. The smallest absolute Gasteiger partial charge is 0.321 e. The average molecular weight is 371 g/mol. The Morgan fingerprint density at radius 1 is 1.20 bits per heavy atom. The van der Waals surface area contributed by atoms with Gasteiger partial charge in [-0.25, -0.2) is 0 Å². The third kappa shape index (κ3) is 5.46. The summed E-state index contributed by atoms with van der Waals surface area (Å²) in [5.41, 5.74) is 0.181. The fraction of sp³-hybridized carbons (Fsp3) is 0.333. The normalized spacial score (nSPS) is 11.4. The molecule has 0 spiro atoms. The van der Waals surface area contributed by atoms with Gasteiger partial charge in [-0.1, -0.05) is 37.4 Å². The Morgan fingerprint density at radius 2 is 1.96 bits per heavy atom. The van der Waals surface area contributed by atoms with Gasteiger partial charge in [-0.2, -0.15) is 13.2 Å². The molecule has 134 valence electrons. The summed E-state index contributed by atoms with van der Waals surface area (Å²) in [5, 5.41) is 1.99. The summed E-state index contributed by atoms with van der Waals surface area (Å²) in [6.45, 7) is 2.12. The molecule has 1 heterocycles. The summed E-state index contributed by atoms with van der Waals surface area (Å²) >= 11 is 5.56. The lowest BCUT2D eigenvalue weighted by Gasteiger charge is -2.11. The van der Waals surface area contributed by atoms with Crippen molar-refractivity contribution in [2.45, 2.75) is 38.8 Å². The van der Waals surface area contributed by atoms with E-state index in [1.165, 1.54) is 6.07 Å². The highest BCUT2D eigenvalue weighted by atomic mass is 35.5. The predicted octanol–water partition coefficient (Wildman–Crippen LogP) is 5.74. The van der Waals surface area contributed by atoms with E-state index in [1.54, 1.807) is 18.3 Å². The second kappa shape index (κ2) is 8.34. The van der Waals surface area contributed by atoms with Gasteiger partial charge in [0.2, 0.25) is 0 Å². The lowest BCUT2D eigenvalue weighted by Crippen LogP contribution is -2.15. The maximum Gasteiger partial charge on any atom is 0.417 e. The van der Waals surface area contributed by atoms with Crippen LogP contribution in [0.5, 0.6) is 0 Å². The third-order valence-electron chi connectivity index (χ3n) is 3.66. The Labute approximate surface area is 149 Å². The van der Waals surface area contributed by atoms with Crippen LogP contribution in [0.2, 0.25) is 5.02 Å². The van der Waals surface area contributed by atoms with Crippen molar-refractivity contribution in [3.8, 4) is 0 Å². The number of anilines is 1. The topological polar surface area (TPSA) is 42.0 Å². The highest BCUT2D eigenvalue weighted by Gasteiger charge is 2.33. The molecular formula is C18H18ClF3N2O. The molecule has 0 fully saturated rings. The molecule has 2 rings (SSSR count). The molecule has 0 radical (unpaired) electrons. The number of aromatic nitrogens is 1. The largest absolute Gasteiger partial charge is 0.417 e. The van der Waals surface area contributed by atoms with Gasteiger partial charge in [0.1, 0.15) is 5.69 Å². The lowest BCUT2D eigenvalue weighted by molar-refractivity contribution is -0.137. The van der Waals surface area contributed by atoms with Crippen LogP contribution >= 0.6 is 11.6 Å². The second-order valence-corrected chi connectivity index (χ2v) is 6.06. The number of carbonyl (C=O) groups excluding carboxylic acids is 1. The highest BCUT2D eigenvalue weighted by Crippen LogP contribution is 2.36. The van der Waals surface area contributed by atoms with Gasteiger partial charge in [-0.15, -0.1) is 0 Å². The van der Waals surface area contributed by atoms with Crippen LogP contribution in [0.3, 0.4) is 0 Å². The van der Waals surface area contributed by atoms with Crippen molar-refractivity contribution >= 4 is 23.2 Å². The van der Waals surface area contributed by atoms with Crippen LogP contribution in [-0.2, 0) is 12.6 Å². The van der Waals surface area contributed by atoms with E-state index in [2.05, 4.69) is 17.2 Å². The molecule has 0 aliphatic rings. The number of amides is 1. The number of pyridine rings is 1. The molecule has 1 aromatic heterocycles. The summed E-state index contributed by atoms with van der Waals surface area (Å²) in [7, 11) is 0. The maximum absolute atomic E-state index is 12.9. The van der Waals surface area contributed by atoms with Gasteiger partial charge >= 0.3 is 6.18 Å². The number of hydrogen-bond acceptors (Lipinski definition) is 2. The minimum Gasteiger partial charge on any atom is -0.321 e. The molecule has 0 saturated heterocycles. The highest BCUT2D eigenvalue weighted by molar-refractivity contribution is 6.31. The van der Waals surface area contributed by atoms with Crippen molar-refractivity contribution in [1.29, 1.82) is 0 Å². The minimum absolute atomic E-state index is 0.00977. The van der Waals surface area contributed by atoms with Crippen molar-refractivity contribution < 1.29 is 18.0 Å². The van der Waals surface area contributed by atoms with Crippen molar-refractivity contribution in [3.05, 3.63) is 58.4 Å². The Kier molecular flexibility index (Phi) is 6.42. The number of halogens is 4.